The van der Waals surface area contributed by atoms with Crippen LogP contribution >= 0.6 is 11.6 Å². The van der Waals surface area contributed by atoms with E-state index in [1.165, 1.54) is 12.1 Å². The van der Waals surface area contributed by atoms with Crippen LogP contribution in [-0.2, 0) is 6.54 Å². The van der Waals surface area contributed by atoms with Gasteiger partial charge in [-0.1, -0.05) is 17.7 Å². The molecule has 0 aromatic heterocycles. The molecule has 0 saturated heterocycles. The second-order valence-corrected chi connectivity index (χ2v) is 5.92. The third-order valence-electron chi connectivity index (χ3n) is 4.13. The molecule has 1 fully saturated rings. The lowest BCUT2D eigenvalue weighted by molar-refractivity contribution is 0.124. The number of benzene rings is 1. The molecule has 1 N–H and O–H groups in total. The molecule has 1 aliphatic rings. The normalized spacial score (nSPS) is 23.8. The van der Waals surface area contributed by atoms with Crippen LogP contribution in [0.4, 0.5) is 4.39 Å². The Balaban J connectivity index is 1.92. The van der Waals surface area contributed by atoms with Gasteiger partial charge in [0.15, 0.2) is 0 Å². The Hall–Kier alpha value is -0.640. The van der Waals surface area contributed by atoms with E-state index in [4.69, 9.17) is 16.7 Å². The van der Waals surface area contributed by atoms with Gasteiger partial charge in [-0.25, -0.2) is 4.39 Å². The van der Waals surface area contributed by atoms with Crippen LogP contribution in [-0.4, -0.2) is 29.7 Å². The van der Waals surface area contributed by atoms with Crippen molar-refractivity contribution in [2.75, 3.05) is 13.7 Å². The van der Waals surface area contributed by atoms with Crippen LogP contribution in [0.15, 0.2) is 18.2 Å². The van der Waals surface area contributed by atoms with Crippen molar-refractivity contribution in [1.29, 1.82) is 0 Å². The molecule has 4 heteroatoms. The zero-order valence-electron chi connectivity index (χ0n) is 11.3. The van der Waals surface area contributed by atoms with Gasteiger partial charge in [0.2, 0.25) is 0 Å². The van der Waals surface area contributed by atoms with Gasteiger partial charge in [0, 0.05) is 24.2 Å². The summed E-state index contributed by atoms with van der Waals surface area (Å²) in [6.07, 6.45) is 4.40. The number of aliphatic hydroxyl groups excluding tert-OH is 1. The van der Waals surface area contributed by atoms with Crippen LogP contribution in [0.3, 0.4) is 0 Å². The van der Waals surface area contributed by atoms with E-state index in [9.17, 15) is 4.39 Å². The molecular weight excluding hydrogens is 265 g/mol. The first-order chi connectivity index (χ1) is 9.10. The third-order valence-corrected chi connectivity index (χ3v) is 4.48. The van der Waals surface area contributed by atoms with E-state index in [2.05, 4.69) is 11.9 Å². The van der Waals surface area contributed by atoms with Crippen molar-refractivity contribution in [3.05, 3.63) is 34.6 Å². The molecule has 0 atom stereocenters. The van der Waals surface area contributed by atoms with E-state index in [0.717, 1.165) is 37.8 Å². The lowest BCUT2D eigenvalue weighted by Crippen LogP contribution is -2.35. The summed E-state index contributed by atoms with van der Waals surface area (Å²) in [4.78, 5) is 2.28. The summed E-state index contributed by atoms with van der Waals surface area (Å²) in [6, 6.07) is 5.11. The van der Waals surface area contributed by atoms with Crippen molar-refractivity contribution in [2.24, 2.45) is 5.92 Å². The van der Waals surface area contributed by atoms with Crippen molar-refractivity contribution in [1.82, 2.24) is 4.90 Å². The number of hydrogen-bond donors (Lipinski definition) is 1. The molecule has 0 unspecified atom stereocenters. The fraction of sp³-hybridized carbons (Fsp3) is 0.600. The van der Waals surface area contributed by atoms with Crippen LogP contribution < -0.4 is 0 Å². The summed E-state index contributed by atoms with van der Waals surface area (Å²) in [7, 11) is 2.09. The zero-order valence-corrected chi connectivity index (χ0v) is 12.0. The molecule has 0 amide bonds. The summed E-state index contributed by atoms with van der Waals surface area (Å²) in [5.74, 6) is 0.180. The molecule has 0 aliphatic heterocycles. The minimum absolute atomic E-state index is 0.292. The minimum atomic E-state index is -0.292. The lowest BCUT2D eigenvalue weighted by atomic mass is 9.86. The standard InChI is InChI=1S/C15H21ClFNO/c1-18(14-6-2-11(10-19)3-7-14)9-12-4-5-13(17)8-15(12)16/h4-5,8,11,14,19H,2-3,6-7,9-10H2,1H3. The van der Waals surface area contributed by atoms with Gasteiger partial charge in [0.1, 0.15) is 5.82 Å². The van der Waals surface area contributed by atoms with Crippen LogP contribution in [0.25, 0.3) is 0 Å². The van der Waals surface area contributed by atoms with Crippen LogP contribution in [0.2, 0.25) is 5.02 Å². The van der Waals surface area contributed by atoms with E-state index >= 15 is 0 Å². The molecule has 19 heavy (non-hydrogen) atoms. The quantitative estimate of drug-likeness (QED) is 0.916. The largest absolute Gasteiger partial charge is 0.396 e. The summed E-state index contributed by atoms with van der Waals surface area (Å²) < 4.78 is 13.0. The monoisotopic (exact) mass is 285 g/mol. The first-order valence-corrected chi connectivity index (χ1v) is 7.23. The number of aliphatic hydroxyl groups is 1. The van der Waals surface area contributed by atoms with E-state index in [-0.39, 0.29) is 5.82 Å². The van der Waals surface area contributed by atoms with Crippen LogP contribution in [0.1, 0.15) is 31.2 Å². The van der Waals surface area contributed by atoms with Crippen LogP contribution in [0, 0.1) is 11.7 Å². The van der Waals surface area contributed by atoms with Gasteiger partial charge in [-0.3, -0.25) is 4.90 Å². The smallest absolute Gasteiger partial charge is 0.124 e. The SMILES string of the molecule is CN(Cc1ccc(F)cc1Cl)C1CCC(CO)CC1. The van der Waals surface area contributed by atoms with E-state index < -0.39 is 0 Å². The average molecular weight is 286 g/mol. The molecule has 0 spiro atoms. The van der Waals surface area contributed by atoms with E-state index in [1.807, 2.05) is 0 Å². The van der Waals surface area contributed by atoms with Gasteiger partial charge < -0.3 is 5.11 Å². The Labute approximate surface area is 119 Å². The number of nitrogens with zero attached hydrogens (tertiary/aromatic N) is 1. The summed E-state index contributed by atoms with van der Waals surface area (Å²) in [5.41, 5.74) is 0.967. The molecule has 0 bridgehead atoms. The van der Waals surface area contributed by atoms with E-state index in [0.29, 0.717) is 23.6 Å². The first kappa shape index (κ1) is 14.8. The average Bonchev–Trinajstić information content (AvgIpc) is 2.42. The molecule has 2 rings (SSSR count). The van der Waals surface area contributed by atoms with Gasteiger partial charge >= 0.3 is 0 Å². The minimum Gasteiger partial charge on any atom is -0.396 e. The predicted octanol–water partition coefficient (Wildman–Crippen LogP) is 3.46. The molecule has 1 saturated carbocycles. The summed E-state index contributed by atoms with van der Waals surface area (Å²) >= 11 is 6.06. The second-order valence-electron chi connectivity index (χ2n) is 5.51. The number of hydrogen-bond acceptors (Lipinski definition) is 2. The molecule has 106 valence electrons. The highest BCUT2D eigenvalue weighted by atomic mass is 35.5. The fourth-order valence-corrected chi connectivity index (χ4v) is 3.04. The Kier molecular flexibility index (Phi) is 5.20. The van der Waals surface area contributed by atoms with Crippen LogP contribution in [0.5, 0.6) is 0 Å². The number of halogens is 2. The Bertz CT molecular complexity index is 419. The van der Waals surface area contributed by atoms with E-state index in [1.54, 1.807) is 6.07 Å². The Morgan fingerprint density at radius 2 is 2.00 bits per heavy atom. The Morgan fingerprint density at radius 1 is 1.32 bits per heavy atom. The molecule has 0 radical (unpaired) electrons. The Morgan fingerprint density at radius 3 is 2.58 bits per heavy atom. The predicted molar refractivity (Wildman–Crippen MR) is 75.7 cm³/mol. The van der Waals surface area contributed by atoms with Crippen molar-refractivity contribution in [2.45, 2.75) is 38.3 Å². The highest BCUT2D eigenvalue weighted by molar-refractivity contribution is 6.31. The first-order valence-electron chi connectivity index (χ1n) is 6.85. The van der Waals surface area contributed by atoms with Crippen molar-refractivity contribution in [3.63, 3.8) is 0 Å². The third kappa shape index (κ3) is 3.91. The van der Waals surface area contributed by atoms with Crippen molar-refractivity contribution < 1.29 is 9.50 Å². The molecule has 2 nitrogen and oxygen atoms in total. The maximum atomic E-state index is 13.0. The highest BCUT2D eigenvalue weighted by Gasteiger charge is 2.23. The maximum Gasteiger partial charge on any atom is 0.124 e. The van der Waals surface area contributed by atoms with Gasteiger partial charge in [0.25, 0.3) is 0 Å². The topological polar surface area (TPSA) is 23.5 Å². The van der Waals surface area contributed by atoms with Gasteiger partial charge in [0.05, 0.1) is 0 Å². The zero-order chi connectivity index (χ0) is 13.8. The fourth-order valence-electron chi connectivity index (χ4n) is 2.82. The maximum absolute atomic E-state index is 13.0. The van der Waals surface area contributed by atoms with Gasteiger partial charge in [-0.2, -0.15) is 0 Å². The van der Waals surface area contributed by atoms with Gasteiger partial charge in [-0.05, 0) is 56.3 Å². The molecular formula is C15H21ClFNO. The summed E-state index contributed by atoms with van der Waals surface area (Å²) in [5, 5.41) is 9.64. The van der Waals surface area contributed by atoms with Crippen molar-refractivity contribution in [3.8, 4) is 0 Å². The van der Waals surface area contributed by atoms with Gasteiger partial charge in [-0.15, -0.1) is 0 Å². The second kappa shape index (κ2) is 6.69. The van der Waals surface area contributed by atoms with Crippen molar-refractivity contribution >= 4 is 11.6 Å². The number of rotatable bonds is 4. The molecule has 1 aromatic carbocycles. The molecule has 0 heterocycles. The summed E-state index contributed by atoms with van der Waals surface area (Å²) in [6.45, 7) is 1.05. The highest BCUT2D eigenvalue weighted by Crippen LogP contribution is 2.28. The molecule has 1 aliphatic carbocycles. The molecule has 1 aromatic rings. The lowest BCUT2D eigenvalue weighted by Gasteiger charge is -2.34.